The number of hydrogen-bond acceptors (Lipinski definition) is 5. The zero-order chi connectivity index (χ0) is 22.9. The molecule has 0 amide bonds. The number of carboxylic acids is 1. The third-order valence-corrected chi connectivity index (χ3v) is 7.32. The fraction of sp³-hybridized carbons (Fsp3) is 0.174. The molecule has 0 saturated carbocycles. The maximum absolute atomic E-state index is 13.0. The van der Waals surface area contributed by atoms with E-state index in [1.54, 1.807) is 0 Å². The number of nitrogens with zero attached hydrogens (tertiary/aromatic N) is 2. The van der Waals surface area contributed by atoms with Crippen molar-refractivity contribution in [2.75, 3.05) is 13.1 Å². The van der Waals surface area contributed by atoms with Gasteiger partial charge in [-0.1, -0.05) is 48.0 Å². The molecule has 10 heteroatoms. The van der Waals surface area contributed by atoms with E-state index in [9.17, 15) is 23.4 Å². The number of para-hydroxylation sites is 2. The number of sulfonamides is 1. The first-order valence-electron chi connectivity index (χ1n) is 9.87. The Kier molecular flexibility index (Phi) is 8.23. The molecule has 7 nitrogen and oxygen atoms in total. The first-order valence-corrected chi connectivity index (χ1v) is 11.7. The van der Waals surface area contributed by atoms with Crippen molar-refractivity contribution in [1.29, 1.82) is 0 Å². The van der Waals surface area contributed by atoms with Crippen LogP contribution in [-0.2, 0) is 21.4 Å². The smallest absolute Gasteiger partial charge is 0.549 e. The van der Waals surface area contributed by atoms with Crippen LogP contribution in [-0.4, -0.2) is 47.6 Å². The fourth-order valence-electron chi connectivity index (χ4n) is 3.85. The zero-order valence-corrected chi connectivity index (χ0v) is 21.5. The van der Waals surface area contributed by atoms with Crippen molar-refractivity contribution in [2.24, 2.45) is 0 Å². The Labute approximate surface area is 218 Å². The Morgan fingerprint density at radius 3 is 2.00 bits per heavy atom. The number of rotatable bonds is 8. The van der Waals surface area contributed by atoms with E-state index in [-0.39, 0.29) is 41.0 Å². The van der Waals surface area contributed by atoms with E-state index in [2.05, 4.69) is 0 Å². The van der Waals surface area contributed by atoms with Crippen LogP contribution in [0.15, 0.2) is 77.7 Å². The molecule has 166 valence electrons. The van der Waals surface area contributed by atoms with Gasteiger partial charge in [0.1, 0.15) is 0 Å². The molecule has 0 aliphatic carbocycles. The summed E-state index contributed by atoms with van der Waals surface area (Å²) in [6, 6.07) is 20.8. The number of benzene rings is 3. The van der Waals surface area contributed by atoms with Crippen LogP contribution in [0.2, 0.25) is 5.02 Å². The van der Waals surface area contributed by atoms with Gasteiger partial charge in [0.15, 0.2) is 0 Å². The minimum absolute atomic E-state index is 0. The van der Waals surface area contributed by atoms with Crippen molar-refractivity contribution in [3.8, 4) is 0 Å². The maximum atomic E-state index is 13.0. The number of carboxylic acid groups (broad SMARTS) is 1. The largest absolute Gasteiger partial charge is 1.00 e. The Balaban J connectivity index is 0.00000306. The molecule has 3 aromatic carbocycles. The molecule has 33 heavy (non-hydrogen) atoms. The summed E-state index contributed by atoms with van der Waals surface area (Å²) in [6.07, 6.45) is -1.17. The topological polar surface area (TPSA) is 103 Å². The summed E-state index contributed by atoms with van der Waals surface area (Å²) in [5, 5.41) is 24.4. The van der Waals surface area contributed by atoms with Gasteiger partial charge in [0.2, 0.25) is 10.0 Å². The molecule has 4 rings (SSSR count). The Morgan fingerprint density at radius 2 is 1.48 bits per heavy atom. The van der Waals surface area contributed by atoms with Crippen LogP contribution in [0.25, 0.3) is 21.8 Å². The number of hydrogen-bond donors (Lipinski definition) is 1. The average molecular weight is 495 g/mol. The van der Waals surface area contributed by atoms with Crippen molar-refractivity contribution in [2.45, 2.75) is 17.5 Å². The average Bonchev–Trinajstić information content (AvgIpc) is 3.07. The molecule has 0 aliphatic heterocycles. The first-order chi connectivity index (χ1) is 15.3. The van der Waals surface area contributed by atoms with Crippen molar-refractivity contribution >= 4 is 49.4 Å². The zero-order valence-electron chi connectivity index (χ0n) is 17.9. The SMILES string of the molecule is O=C([O-])CN(CC(O)Cn1c2ccccc2c2ccccc21)S(=O)(=O)c1ccc(Cl)cc1.[Na+]. The van der Waals surface area contributed by atoms with Gasteiger partial charge >= 0.3 is 29.6 Å². The summed E-state index contributed by atoms with van der Waals surface area (Å²) in [6.45, 7) is -1.22. The van der Waals surface area contributed by atoms with Crippen molar-refractivity contribution < 1.29 is 53.0 Å². The predicted molar refractivity (Wildman–Crippen MR) is 121 cm³/mol. The van der Waals surface area contributed by atoms with E-state index in [0.717, 1.165) is 21.8 Å². The molecule has 1 N–H and O–H groups in total. The Hall–Kier alpha value is -1.91. The predicted octanol–water partition coefficient (Wildman–Crippen LogP) is -0.746. The molecule has 0 bridgehead atoms. The van der Waals surface area contributed by atoms with Gasteiger partial charge in [0.05, 0.1) is 30.1 Å². The molecule has 0 spiro atoms. The second kappa shape index (κ2) is 10.6. The number of aromatic nitrogens is 1. The summed E-state index contributed by atoms with van der Waals surface area (Å²) >= 11 is 5.83. The molecule has 0 aliphatic rings. The first kappa shape index (κ1) is 25.7. The monoisotopic (exact) mass is 494 g/mol. The normalized spacial score (nSPS) is 12.7. The van der Waals surface area contributed by atoms with Gasteiger partial charge in [0.25, 0.3) is 0 Å². The standard InChI is InChI=1S/C23H21ClN2O5S.Na/c24-16-9-11-18(12-10-16)32(30,31)25(15-23(28)29)13-17(27)14-26-21-7-3-1-5-19(21)20-6-2-4-8-22(20)26;/h1-12,17,27H,13-15H2,(H,28,29);/q;+1/p-1. The van der Waals surface area contributed by atoms with Crippen molar-refractivity contribution in [1.82, 2.24) is 8.87 Å². The molecular formula is C23H20ClN2NaO5S. The number of carbonyl (C=O) groups excluding carboxylic acids is 1. The van der Waals surface area contributed by atoms with Gasteiger partial charge in [-0.3, -0.25) is 0 Å². The molecule has 0 saturated heterocycles. The summed E-state index contributed by atoms with van der Waals surface area (Å²) in [4.78, 5) is 11.1. The van der Waals surface area contributed by atoms with Crippen LogP contribution in [0, 0.1) is 0 Å². The number of aliphatic hydroxyl groups is 1. The van der Waals surface area contributed by atoms with Crippen LogP contribution in [0.5, 0.6) is 0 Å². The Morgan fingerprint density at radius 1 is 0.970 bits per heavy atom. The number of aliphatic carboxylic acids is 1. The molecule has 0 radical (unpaired) electrons. The second-order valence-corrected chi connectivity index (χ2v) is 9.80. The van der Waals surface area contributed by atoms with Gasteiger partial charge in [-0.25, -0.2) is 8.42 Å². The molecular weight excluding hydrogens is 475 g/mol. The van der Waals surface area contributed by atoms with Crippen LogP contribution < -0.4 is 34.7 Å². The van der Waals surface area contributed by atoms with Crippen molar-refractivity contribution in [3.63, 3.8) is 0 Å². The van der Waals surface area contributed by atoms with E-state index in [0.29, 0.717) is 9.33 Å². The summed E-state index contributed by atoms with van der Waals surface area (Å²) in [5.74, 6) is -1.56. The molecule has 1 unspecified atom stereocenters. The molecule has 1 aromatic heterocycles. The summed E-state index contributed by atoms with van der Waals surface area (Å²) in [5.41, 5.74) is 1.78. The van der Waals surface area contributed by atoms with E-state index in [1.807, 2.05) is 53.1 Å². The minimum Gasteiger partial charge on any atom is -0.549 e. The van der Waals surface area contributed by atoms with Crippen LogP contribution >= 0.6 is 11.6 Å². The number of halogens is 1. The Bertz CT molecular complexity index is 1340. The fourth-order valence-corrected chi connectivity index (χ4v) is 5.40. The molecule has 4 aromatic rings. The minimum atomic E-state index is -4.19. The second-order valence-electron chi connectivity index (χ2n) is 7.42. The van der Waals surface area contributed by atoms with Crippen molar-refractivity contribution in [3.05, 3.63) is 77.8 Å². The van der Waals surface area contributed by atoms with Gasteiger partial charge in [-0.05, 0) is 36.4 Å². The van der Waals surface area contributed by atoms with Crippen LogP contribution in [0.4, 0.5) is 0 Å². The quantitative estimate of drug-likeness (QED) is 0.325. The third-order valence-electron chi connectivity index (χ3n) is 5.24. The molecule has 1 atom stereocenters. The van der Waals surface area contributed by atoms with E-state index in [1.165, 1.54) is 24.3 Å². The molecule has 0 fully saturated rings. The van der Waals surface area contributed by atoms with Crippen LogP contribution in [0.1, 0.15) is 0 Å². The summed E-state index contributed by atoms with van der Waals surface area (Å²) < 4.78 is 28.6. The van der Waals surface area contributed by atoms with Gasteiger partial charge < -0.3 is 19.6 Å². The van der Waals surface area contributed by atoms with Gasteiger partial charge in [-0.2, -0.15) is 4.31 Å². The number of carbonyl (C=O) groups is 1. The van der Waals surface area contributed by atoms with Gasteiger partial charge in [-0.15, -0.1) is 0 Å². The van der Waals surface area contributed by atoms with Crippen LogP contribution in [0.3, 0.4) is 0 Å². The number of aliphatic hydroxyl groups excluding tert-OH is 1. The number of fused-ring (bicyclic) bond motifs is 3. The van der Waals surface area contributed by atoms with Gasteiger partial charge in [0, 0.05) is 33.4 Å². The van der Waals surface area contributed by atoms with E-state index in [4.69, 9.17) is 11.6 Å². The van der Waals surface area contributed by atoms with E-state index >= 15 is 0 Å². The molecule has 1 heterocycles. The summed E-state index contributed by atoms with van der Waals surface area (Å²) in [7, 11) is -4.19. The third kappa shape index (κ3) is 5.44. The maximum Gasteiger partial charge on any atom is 1.00 e. The van der Waals surface area contributed by atoms with E-state index < -0.39 is 35.2 Å².